The molecule has 0 saturated heterocycles. The van der Waals surface area contributed by atoms with Crippen LogP contribution in [0.15, 0.2) is 18.2 Å². The molecular weight excluding hydrogens is 224 g/mol. The first-order valence-corrected chi connectivity index (χ1v) is 6.98. The summed E-state index contributed by atoms with van der Waals surface area (Å²) in [5.41, 5.74) is 2.77. The molecule has 0 spiro atoms. The fourth-order valence-electron chi connectivity index (χ4n) is 2.84. The molecule has 2 rings (SSSR count). The number of aliphatic hydroxyl groups is 2. The summed E-state index contributed by atoms with van der Waals surface area (Å²) >= 11 is 0. The van der Waals surface area contributed by atoms with Gasteiger partial charge in [-0.15, -0.1) is 0 Å². The smallest absolute Gasteiger partial charge is 0.0908 e. The van der Waals surface area contributed by atoms with E-state index in [1.54, 1.807) is 0 Å². The molecule has 1 aliphatic rings. The van der Waals surface area contributed by atoms with Crippen LogP contribution in [0.1, 0.15) is 48.8 Å². The predicted octanol–water partition coefficient (Wildman–Crippen LogP) is 2.90. The number of benzene rings is 1. The van der Waals surface area contributed by atoms with Gasteiger partial charge in [-0.25, -0.2) is 0 Å². The first-order chi connectivity index (χ1) is 8.51. The van der Waals surface area contributed by atoms with Crippen LogP contribution < -0.4 is 0 Å². The second kappa shape index (κ2) is 5.41. The largest absolute Gasteiger partial charge is 0.390 e. The first-order valence-electron chi connectivity index (χ1n) is 6.98. The van der Waals surface area contributed by atoms with Gasteiger partial charge < -0.3 is 10.2 Å². The lowest BCUT2D eigenvalue weighted by molar-refractivity contribution is -0.0960. The molecule has 1 aromatic carbocycles. The third-order valence-electron chi connectivity index (χ3n) is 4.34. The van der Waals surface area contributed by atoms with E-state index in [9.17, 15) is 10.2 Å². The van der Waals surface area contributed by atoms with E-state index < -0.39 is 11.7 Å². The molecule has 2 N–H and O–H groups in total. The van der Waals surface area contributed by atoms with E-state index >= 15 is 0 Å². The van der Waals surface area contributed by atoms with Crippen molar-refractivity contribution in [2.45, 2.75) is 64.1 Å². The van der Waals surface area contributed by atoms with Crippen molar-refractivity contribution in [2.24, 2.45) is 0 Å². The highest BCUT2D eigenvalue weighted by Gasteiger charge is 2.36. The highest BCUT2D eigenvalue weighted by Crippen LogP contribution is 2.32. The third kappa shape index (κ3) is 2.93. The summed E-state index contributed by atoms with van der Waals surface area (Å²) in [6.07, 6.45) is 4.62. The van der Waals surface area contributed by atoms with Gasteiger partial charge in [0.05, 0.1) is 11.7 Å². The average molecular weight is 248 g/mol. The molecule has 100 valence electrons. The molecule has 0 heterocycles. The van der Waals surface area contributed by atoms with Crippen molar-refractivity contribution in [1.82, 2.24) is 0 Å². The molecule has 0 bridgehead atoms. The summed E-state index contributed by atoms with van der Waals surface area (Å²) in [7, 11) is 0. The lowest BCUT2D eigenvalue weighted by Crippen LogP contribution is -2.45. The summed E-state index contributed by atoms with van der Waals surface area (Å²) < 4.78 is 0. The minimum atomic E-state index is -0.864. The second-order valence-electron chi connectivity index (χ2n) is 5.80. The van der Waals surface area contributed by atoms with E-state index in [1.807, 2.05) is 0 Å². The summed E-state index contributed by atoms with van der Waals surface area (Å²) in [6.45, 7) is 4.17. The Morgan fingerprint density at radius 1 is 1.11 bits per heavy atom. The van der Waals surface area contributed by atoms with E-state index in [0.717, 1.165) is 31.2 Å². The fourth-order valence-corrected chi connectivity index (χ4v) is 2.84. The zero-order valence-corrected chi connectivity index (χ0v) is 11.4. The Hall–Kier alpha value is -0.860. The van der Waals surface area contributed by atoms with Crippen LogP contribution in [0, 0.1) is 13.8 Å². The van der Waals surface area contributed by atoms with Gasteiger partial charge in [-0.1, -0.05) is 37.5 Å². The van der Waals surface area contributed by atoms with Crippen LogP contribution in [-0.2, 0) is 6.42 Å². The molecule has 1 atom stereocenters. The summed E-state index contributed by atoms with van der Waals surface area (Å²) in [4.78, 5) is 0. The molecule has 0 aliphatic heterocycles. The predicted molar refractivity (Wildman–Crippen MR) is 73.7 cm³/mol. The number of aryl methyl sites for hydroxylation is 2. The topological polar surface area (TPSA) is 40.5 Å². The zero-order chi connectivity index (χ0) is 13.2. The summed E-state index contributed by atoms with van der Waals surface area (Å²) in [5.74, 6) is 0. The summed E-state index contributed by atoms with van der Waals surface area (Å²) in [5, 5.41) is 20.8. The molecule has 2 nitrogen and oxygen atoms in total. The Morgan fingerprint density at radius 2 is 1.78 bits per heavy atom. The van der Waals surface area contributed by atoms with Crippen molar-refractivity contribution in [3.63, 3.8) is 0 Å². The van der Waals surface area contributed by atoms with Crippen molar-refractivity contribution in [3.05, 3.63) is 34.9 Å². The van der Waals surface area contributed by atoms with Gasteiger partial charge in [0.2, 0.25) is 0 Å². The van der Waals surface area contributed by atoms with E-state index in [2.05, 4.69) is 32.0 Å². The highest BCUT2D eigenvalue weighted by molar-refractivity contribution is 5.30. The SMILES string of the molecule is Cc1ccc(CC(O)C2(O)CCCCC2)cc1C. The van der Waals surface area contributed by atoms with Gasteiger partial charge in [-0.2, -0.15) is 0 Å². The Labute approximate surface area is 110 Å². The van der Waals surface area contributed by atoms with Crippen LogP contribution in [0.4, 0.5) is 0 Å². The minimum absolute atomic E-state index is 0.553. The highest BCUT2D eigenvalue weighted by atomic mass is 16.3. The maximum Gasteiger partial charge on any atom is 0.0908 e. The van der Waals surface area contributed by atoms with Crippen molar-refractivity contribution >= 4 is 0 Å². The summed E-state index contributed by atoms with van der Waals surface area (Å²) in [6, 6.07) is 6.25. The molecule has 1 aliphatic carbocycles. The Kier molecular flexibility index (Phi) is 4.08. The first kappa shape index (κ1) is 13.6. The van der Waals surface area contributed by atoms with Crippen LogP contribution >= 0.6 is 0 Å². The molecular formula is C16H24O2. The number of hydrogen-bond acceptors (Lipinski definition) is 2. The quantitative estimate of drug-likeness (QED) is 0.863. The van der Waals surface area contributed by atoms with Gasteiger partial charge in [0.1, 0.15) is 0 Å². The Balaban J connectivity index is 2.05. The molecule has 1 aromatic rings. The van der Waals surface area contributed by atoms with Crippen LogP contribution in [-0.4, -0.2) is 21.9 Å². The number of rotatable bonds is 3. The minimum Gasteiger partial charge on any atom is -0.390 e. The molecule has 1 fully saturated rings. The van der Waals surface area contributed by atoms with E-state index in [1.165, 1.54) is 17.5 Å². The molecule has 2 heteroatoms. The number of aliphatic hydroxyl groups excluding tert-OH is 1. The van der Waals surface area contributed by atoms with Gasteiger partial charge in [-0.05, 0) is 43.4 Å². The van der Waals surface area contributed by atoms with Gasteiger partial charge in [0.15, 0.2) is 0 Å². The van der Waals surface area contributed by atoms with Crippen LogP contribution in [0.2, 0.25) is 0 Å². The maximum atomic E-state index is 10.5. The van der Waals surface area contributed by atoms with E-state index in [-0.39, 0.29) is 0 Å². The van der Waals surface area contributed by atoms with Gasteiger partial charge >= 0.3 is 0 Å². The van der Waals surface area contributed by atoms with Crippen molar-refractivity contribution < 1.29 is 10.2 Å². The third-order valence-corrected chi connectivity index (χ3v) is 4.34. The second-order valence-corrected chi connectivity index (χ2v) is 5.80. The Bertz CT molecular complexity index is 406. The molecule has 0 amide bonds. The molecule has 0 radical (unpaired) electrons. The maximum absolute atomic E-state index is 10.5. The zero-order valence-electron chi connectivity index (χ0n) is 11.4. The van der Waals surface area contributed by atoms with Crippen molar-refractivity contribution in [3.8, 4) is 0 Å². The van der Waals surface area contributed by atoms with Gasteiger partial charge in [0, 0.05) is 6.42 Å². The number of hydrogen-bond donors (Lipinski definition) is 2. The van der Waals surface area contributed by atoms with Crippen molar-refractivity contribution in [1.29, 1.82) is 0 Å². The van der Waals surface area contributed by atoms with E-state index in [4.69, 9.17) is 0 Å². The molecule has 1 saturated carbocycles. The monoisotopic (exact) mass is 248 g/mol. The van der Waals surface area contributed by atoms with E-state index in [0.29, 0.717) is 6.42 Å². The normalized spacial score (nSPS) is 20.7. The lowest BCUT2D eigenvalue weighted by atomic mass is 9.79. The standard InChI is InChI=1S/C16H24O2/c1-12-6-7-14(10-13(12)2)11-15(17)16(18)8-4-3-5-9-16/h6-7,10,15,17-18H,3-5,8-9,11H2,1-2H3. The lowest BCUT2D eigenvalue weighted by Gasteiger charge is -2.36. The van der Waals surface area contributed by atoms with Crippen LogP contribution in [0.25, 0.3) is 0 Å². The van der Waals surface area contributed by atoms with Crippen molar-refractivity contribution in [2.75, 3.05) is 0 Å². The van der Waals surface area contributed by atoms with Crippen LogP contribution in [0.5, 0.6) is 0 Å². The molecule has 18 heavy (non-hydrogen) atoms. The molecule has 1 unspecified atom stereocenters. The van der Waals surface area contributed by atoms with Crippen LogP contribution in [0.3, 0.4) is 0 Å². The van der Waals surface area contributed by atoms with Gasteiger partial charge in [0.25, 0.3) is 0 Å². The average Bonchev–Trinajstić information content (AvgIpc) is 2.35. The Morgan fingerprint density at radius 3 is 2.39 bits per heavy atom. The van der Waals surface area contributed by atoms with Gasteiger partial charge in [-0.3, -0.25) is 0 Å². The fraction of sp³-hybridized carbons (Fsp3) is 0.625. The molecule has 0 aromatic heterocycles.